The van der Waals surface area contributed by atoms with Crippen LogP contribution in [0.4, 0.5) is 5.69 Å². The average Bonchev–Trinajstić information content (AvgIpc) is 3.34. The van der Waals surface area contributed by atoms with E-state index in [9.17, 15) is 9.59 Å². The van der Waals surface area contributed by atoms with E-state index in [0.717, 1.165) is 55.4 Å². The van der Waals surface area contributed by atoms with Crippen molar-refractivity contribution in [1.82, 2.24) is 9.47 Å². The minimum Gasteiger partial charge on any atom is -0.370 e. The van der Waals surface area contributed by atoms with Crippen molar-refractivity contribution in [3.63, 3.8) is 0 Å². The lowest BCUT2D eigenvalue weighted by molar-refractivity contribution is -0.122. The predicted molar refractivity (Wildman–Crippen MR) is 125 cm³/mol. The van der Waals surface area contributed by atoms with Gasteiger partial charge in [0.15, 0.2) is 0 Å². The Hall–Kier alpha value is -2.12. The molecule has 0 aliphatic carbocycles. The number of aryl methyl sites for hydroxylation is 1. The number of fused-ring (bicyclic) bond motifs is 1. The highest BCUT2D eigenvalue weighted by Crippen LogP contribution is 2.36. The number of thioether (sulfide) groups is 1. The van der Waals surface area contributed by atoms with Gasteiger partial charge in [0.2, 0.25) is 0 Å². The van der Waals surface area contributed by atoms with Gasteiger partial charge >= 0.3 is 0 Å². The third-order valence-electron chi connectivity index (χ3n) is 5.62. The molecule has 5 nitrogen and oxygen atoms in total. The molecule has 0 radical (unpaired) electrons. The lowest BCUT2D eigenvalue weighted by atomic mass is 10.1. The number of carbonyl (C=O) groups is 1. The molecule has 2 aliphatic heterocycles. The zero-order valence-electron chi connectivity index (χ0n) is 16.8. The topological polar surface area (TPSA) is 45.6 Å². The first-order chi connectivity index (χ1) is 14.0. The summed E-state index contributed by atoms with van der Waals surface area (Å²) >= 11 is 6.73. The maximum Gasteiger partial charge on any atom is 0.266 e. The first-order valence-corrected chi connectivity index (χ1v) is 11.4. The Balaban J connectivity index is 1.88. The first kappa shape index (κ1) is 20.2. The number of nitrogens with zero attached hydrogens (tertiary/aromatic N) is 3. The fraction of sp³-hybridized carbons (Fsp3) is 0.409. The van der Waals surface area contributed by atoms with Gasteiger partial charge in [0, 0.05) is 32.1 Å². The van der Waals surface area contributed by atoms with Gasteiger partial charge in [0.05, 0.1) is 21.7 Å². The van der Waals surface area contributed by atoms with Crippen LogP contribution >= 0.6 is 24.0 Å². The minimum atomic E-state index is -0.0870. The second-order valence-electron chi connectivity index (χ2n) is 7.52. The van der Waals surface area contributed by atoms with Gasteiger partial charge in [-0.2, -0.15) is 0 Å². The van der Waals surface area contributed by atoms with E-state index in [1.807, 2.05) is 18.2 Å². The molecule has 3 heterocycles. The summed E-state index contributed by atoms with van der Waals surface area (Å²) in [6.07, 6.45) is 5.91. The summed E-state index contributed by atoms with van der Waals surface area (Å²) in [5.41, 5.74) is 2.36. The van der Waals surface area contributed by atoms with Crippen LogP contribution in [0.3, 0.4) is 0 Å². The molecular formula is C22H25N3O2S2. The highest BCUT2D eigenvalue weighted by molar-refractivity contribution is 8.26. The van der Waals surface area contributed by atoms with Gasteiger partial charge in [0.25, 0.3) is 11.5 Å². The third-order valence-corrected chi connectivity index (χ3v) is 7.00. The van der Waals surface area contributed by atoms with Crippen LogP contribution in [0.25, 0.3) is 17.0 Å². The van der Waals surface area contributed by atoms with Crippen molar-refractivity contribution < 1.29 is 4.79 Å². The number of hydrogen-bond acceptors (Lipinski definition) is 5. The summed E-state index contributed by atoms with van der Waals surface area (Å²) in [7, 11) is 1.79. The van der Waals surface area contributed by atoms with E-state index in [0.29, 0.717) is 21.3 Å². The van der Waals surface area contributed by atoms with Crippen LogP contribution in [0.5, 0.6) is 0 Å². The van der Waals surface area contributed by atoms with E-state index in [4.69, 9.17) is 12.2 Å². The molecule has 0 N–H and O–H groups in total. The molecule has 0 unspecified atom stereocenters. The first-order valence-electron chi connectivity index (χ1n) is 10.1. The highest BCUT2D eigenvalue weighted by Gasteiger charge is 2.32. The number of para-hydroxylation sites is 1. The van der Waals surface area contributed by atoms with Crippen LogP contribution in [0.1, 0.15) is 38.2 Å². The number of anilines is 1. The SMILES string of the molecule is CCCCN1C(=O)C(=Cc2c(N3CCCC3)c3ccccc3n(C)c2=O)SC1=S. The second kappa shape index (κ2) is 8.32. The monoisotopic (exact) mass is 427 g/mol. The highest BCUT2D eigenvalue weighted by atomic mass is 32.2. The fourth-order valence-electron chi connectivity index (χ4n) is 4.05. The maximum atomic E-state index is 13.3. The summed E-state index contributed by atoms with van der Waals surface area (Å²) in [6, 6.07) is 7.99. The van der Waals surface area contributed by atoms with Crippen LogP contribution in [-0.4, -0.2) is 39.3 Å². The van der Waals surface area contributed by atoms with Gasteiger partial charge in [-0.15, -0.1) is 0 Å². The molecule has 29 heavy (non-hydrogen) atoms. The number of rotatable bonds is 5. The number of aromatic nitrogens is 1. The maximum absolute atomic E-state index is 13.3. The van der Waals surface area contributed by atoms with E-state index in [2.05, 4.69) is 17.9 Å². The quantitative estimate of drug-likeness (QED) is 0.530. The predicted octanol–water partition coefficient (Wildman–Crippen LogP) is 4.14. The van der Waals surface area contributed by atoms with Gasteiger partial charge in [-0.3, -0.25) is 14.5 Å². The van der Waals surface area contributed by atoms with Crippen molar-refractivity contribution >= 4 is 56.9 Å². The summed E-state index contributed by atoms with van der Waals surface area (Å²) < 4.78 is 2.26. The van der Waals surface area contributed by atoms with E-state index >= 15 is 0 Å². The Bertz CT molecular complexity index is 1070. The van der Waals surface area contributed by atoms with Crippen LogP contribution in [0, 0.1) is 0 Å². The molecule has 2 aromatic rings. The van der Waals surface area contributed by atoms with Crippen molar-refractivity contribution in [3.8, 4) is 0 Å². The number of pyridine rings is 1. The molecule has 0 atom stereocenters. The molecule has 2 saturated heterocycles. The summed E-state index contributed by atoms with van der Waals surface area (Å²) in [4.78, 5) is 30.7. The second-order valence-corrected chi connectivity index (χ2v) is 9.20. The Labute approximate surface area is 180 Å². The molecule has 7 heteroatoms. The Morgan fingerprint density at radius 3 is 2.62 bits per heavy atom. The van der Waals surface area contributed by atoms with Gasteiger partial charge in [0.1, 0.15) is 4.32 Å². The molecule has 1 amide bonds. The van der Waals surface area contributed by atoms with E-state index in [-0.39, 0.29) is 11.5 Å². The van der Waals surface area contributed by atoms with Gasteiger partial charge in [-0.25, -0.2) is 0 Å². The number of amides is 1. The minimum absolute atomic E-state index is 0.0792. The van der Waals surface area contributed by atoms with Crippen LogP contribution in [0.2, 0.25) is 0 Å². The number of carbonyl (C=O) groups excluding carboxylic acids is 1. The molecule has 152 valence electrons. The van der Waals surface area contributed by atoms with E-state index in [1.165, 1.54) is 11.8 Å². The lowest BCUT2D eigenvalue weighted by Crippen LogP contribution is -2.29. The molecule has 1 aromatic carbocycles. The number of unbranched alkanes of at least 4 members (excludes halogenated alkanes) is 1. The van der Waals surface area contributed by atoms with Crippen molar-refractivity contribution in [2.45, 2.75) is 32.6 Å². The molecule has 0 spiro atoms. The van der Waals surface area contributed by atoms with Crippen molar-refractivity contribution in [2.75, 3.05) is 24.5 Å². The number of thiocarbonyl (C=S) groups is 1. The zero-order valence-corrected chi connectivity index (χ0v) is 18.4. The lowest BCUT2D eigenvalue weighted by Gasteiger charge is -2.23. The van der Waals surface area contributed by atoms with E-state index < -0.39 is 0 Å². The largest absolute Gasteiger partial charge is 0.370 e. The third kappa shape index (κ3) is 3.62. The van der Waals surface area contributed by atoms with Crippen LogP contribution < -0.4 is 10.5 Å². The molecule has 0 bridgehead atoms. The summed E-state index contributed by atoms with van der Waals surface area (Å²) in [5, 5.41) is 1.05. The molecule has 1 aromatic heterocycles. The van der Waals surface area contributed by atoms with Crippen molar-refractivity contribution in [2.24, 2.45) is 7.05 Å². The number of hydrogen-bond donors (Lipinski definition) is 0. The van der Waals surface area contributed by atoms with Crippen LogP contribution in [-0.2, 0) is 11.8 Å². The Morgan fingerprint density at radius 1 is 1.17 bits per heavy atom. The van der Waals surface area contributed by atoms with Gasteiger partial charge in [-0.05, 0) is 31.4 Å². The summed E-state index contributed by atoms with van der Waals surface area (Å²) in [5.74, 6) is -0.0870. The van der Waals surface area contributed by atoms with Gasteiger partial charge < -0.3 is 9.47 Å². The van der Waals surface area contributed by atoms with Crippen molar-refractivity contribution in [1.29, 1.82) is 0 Å². The molecule has 2 fully saturated rings. The molecule has 2 aliphatic rings. The van der Waals surface area contributed by atoms with Crippen molar-refractivity contribution in [3.05, 3.63) is 45.1 Å². The average molecular weight is 428 g/mol. The molecule has 4 rings (SSSR count). The smallest absolute Gasteiger partial charge is 0.266 e. The summed E-state index contributed by atoms with van der Waals surface area (Å²) in [6.45, 7) is 4.58. The van der Waals surface area contributed by atoms with Crippen LogP contribution in [0.15, 0.2) is 34.0 Å². The normalized spacial score (nSPS) is 18.6. The van der Waals surface area contributed by atoms with E-state index in [1.54, 1.807) is 22.6 Å². The Morgan fingerprint density at radius 2 is 1.90 bits per heavy atom. The Kier molecular flexibility index (Phi) is 5.79. The standard InChI is InChI=1S/C22H25N3O2S2/c1-3-4-13-25-21(27)18(29-22(25)28)14-16-19(24-11-7-8-12-24)15-9-5-6-10-17(15)23(2)20(16)26/h5-6,9-10,14H,3-4,7-8,11-13H2,1-2H3. The van der Waals surface area contributed by atoms with Gasteiger partial charge in [-0.1, -0.05) is 55.5 Å². The fourth-order valence-corrected chi connectivity index (χ4v) is 5.34. The zero-order chi connectivity index (χ0) is 20.5. The molecule has 0 saturated carbocycles. The molecular weight excluding hydrogens is 402 g/mol. The number of benzene rings is 1.